The third-order valence-electron chi connectivity index (χ3n) is 8.21. The maximum Gasteiger partial charge on any atom is 0.253 e. The average molecular weight is 553 g/mol. The van der Waals surface area contributed by atoms with Gasteiger partial charge in [0.05, 0.1) is 6.54 Å². The largest absolute Gasteiger partial charge is 1.00 e. The number of nitrogens with zero attached hydrogens (tertiary/aromatic N) is 2. The number of rotatable bonds is 12. The van der Waals surface area contributed by atoms with Crippen molar-refractivity contribution in [3.05, 3.63) is 90.0 Å². The zero-order valence-corrected chi connectivity index (χ0v) is 23.5. The summed E-state index contributed by atoms with van der Waals surface area (Å²) in [6.07, 6.45) is 15.4. The van der Waals surface area contributed by atoms with Gasteiger partial charge in [-0.3, -0.25) is 4.79 Å². The van der Waals surface area contributed by atoms with Gasteiger partial charge in [0.1, 0.15) is 23.9 Å². The van der Waals surface area contributed by atoms with Gasteiger partial charge in [0, 0.05) is 6.92 Å². The first-order valence-corrected chi connectivity index (χ1v) is 13.6. The SMILES string of the molecule is CCCCCCCCn1cc[n+]([C@H]2CC[C@@H](C(C(N)=O)(c3ccccc3)c3ccccc3)C2)c1C.[Br-]. The van der Waals surface area contributed by atoms with Crippen LogP contribution in [0.1, 0.15) is 87.7 Å². The van der Waals surface area contributed by atoms with Crippen LogP contribution in [0.4, 0.5) is 0 Å². The van der Waals surface area contributed by atoms with Crippen molar-refractivity contribution >= 4 is 5.91 Å². The van der Waals surface area contributed by atoms with Gasteiger partial charge < -0.3 is 22.7 Å². The molecule has 0 bridgehead atoms. The molecule has 4 nitrogen and oxygen atoms in total. The van der Waals surface area contributed by atoms with Gasteiger partial charge in [0.2, 0.25) is 5.91 Å². The van der Waals surface area contributed by atoms with E-state index in [2.05, 4.69) is 59.6 Å². The molecular weight excluding hydrogens is 510 g/mol. The Labute approximate surface area is 227 Å². The number of carbonyl (C=O) groups excluding carboxylic acids is 1. The number of nitrogens with two attached hydrogens (primary N) is 1. The minimum atomic E-state index is -0.813. The van der Waals surface area contributed by atoms with Gasteiger partial charge in [0.15, 0.2) is 0 Å². The molecule has 1 fully saturated rings. The molecule has 5 heteroatoms. The molecule has 4 rings (SSSR count). The molecule has 1 aliphatic carbocycles. The molecule has 36 heavy (non-hydrogen) atoms. The molecule has 1 aliphatic rings. The molecule has 0 spiro atoms. The lowest BCUT2D eigenvalue weighted by molar-refractivity contribution is -0.727. The molecule has 1 heterocycles. The van der Waals surface area contributed by atoms with E-state index in [4.69, 9.17) is 5.73 Å². The topological polar surface area (TPSA) is 51.9 Å². The molecule has 194 valence electrons. The second kappa shape index (κ2) is 13.2. The molecule has 0 aliphatic heterocycles. The highest BCUT2D eigenvalue weighted by Crippen LogP contribution is 2.48. The van der Waals surface area contributed by atoms with E-state index in [0.29, 0.717) is 6.04 Å². The fraction of sp³-hybridized carbons (Fsp3) is 0.484. The maximum atomic E-state index is 13.3. The Balaban J connectivity index is 0.00000361. The van der Waals surface area contributed by atoms with Gasteiger partial charge in [0.25, 0.3) is 5.82 Å². The Kier molecular flexibility index (Phi) is 10.4. The zero-order chi connectivity index (χ0) is 24.7. The van der Waals surface area contributed by atoms with Crippen molar-refractivity contribution in [2.24, 2.45) is 11.7 Å². The van der Waals surface area contributed by atoms with Gasteiger partial charge in [-0.05, 0) is 49.1 Å². The van der Waals surface area contributed by atoms with Crippen molar-refractivity contribution in [3.8, 4) is 0 Å². The van der Waals surface area contributed by atoms with Crippen LogP contribution in [0.5, 0.6) is 0 Å². The molecule has 0 unspecified atom stereocenters. The van der Waals surface area contributed by atoms with Gasteiger partial charge in [-0.2, -0.15) is 0 Å². The second-order valence-corrected chi connectivity index (χ2v) is 10.3. The van der Waals surface area contributed by atoms with Crippen molar-refractivity contribution in [3.63, 3.8) is 0 Å². The smallest absolute Gasteiger partial charge is 0.253 e. The molecule has 0 radical (unpaired) electrons. The van der Waals surface area contributed by atoms with Crippen LogP contribution in [0.25, 0.3) is 0 Å². The third-order valence-corrected chi connectivity index (χ3v) is 8.21. The molecular formula is C31H42BrN3O. The van der Waals surface area contributed by atoms with E-state index in [-0.39, 0.29) is 28.8 Å². The lowest BCUT2D eigenvalue weighted by atomic mass is 9.64. The molecule has 1 saturated carbocycles. The van der Waals surface area contributed by atoms with E-state index in [1.807, 2.05) is 36.4 Å². The van der Waals surface area contributed by atoms with Crippen molar-refractivity contribution < 1.29 is 26.3 Å². The molecule has 3 aromatic rings. The number of imidazole rings is 1. The monoisotopic (exact) mass is 551 g/mol. The predicted molar refractivity (Wildman–Crippen MR) is 142 cm³/mol. The first-order chi connectivity index (χ1) is 17.1. The Morgan fingerprint density at radius 1 is 0.944 bits per heavy atom. The molecule has 2 atom stereocenters. The van der Waals surface area contributed by atoms with Crippen LogP contribution in [0, 0.1) is 12.8 Å². The van der Waals surface area contributed by atoms with Crippen LogP contribution < -0.4 is 27.3 Å². The number of hydrogen-bond donors (Lipinski definition) is 1. The summed E-state index contributed by atoms with van der Waals surface area (Å²) in [6.45, 7) is 5.59. The molecule has 1 amide bonds. The first-order valence-electron chi connectivity index (χ1n) is 13.6. The number of hydrogen-bond acceptors (Lipinski definition) is 1. The molecule has 2 aromatic carbocycles. The lowest BCUT2D eigenvalue weighted by Crippen LogP contribution is -3.00. The summed E-state index contributed by atoms with van der Waals surface area (Å²) in [5.74, 6) is 1.22. The van der Waals surface area contributed by atoms with E-state index in [0.717, 1.165) is 36.9 Å². The van der Waals surface area contributed by atoms with E-state index >= 15 is 0 Å². The number of unbranched alkanes of at least 4 members (excludes halogenated alkanes) is 5. The quantitative estimate of drug-likeness (QED) is 0.272. The normalized spacial score (nSPS) is 17.6. The highest BCUT2D eigenvalue weighted by molar-refractivity contribution is 5.91. The van der Waals surface area contributed by atoms with Crippen molar-refractivity contribution in [2.45, 2.75) is 89.6 Å². The fourth-order valence-electron chi connectivity index (χ4n) is 6.33. The Bertz CT molecular complexity index is 1040. The van der Waals surface area contributed by atoms with Gasteiger partial charge in [-0.15, -0.1) is 0 Å². The Hall–Kier alpha value is -2.40. The van der Waals surface area contributed by atoms with Gasteiger partial charge in [-0.1, -0.05) is 93.3 Å². The predicted octanol–water partition coefficient (Wildman–Crippen LogP) is 3.26. The summed E-state index contributed by atoms with van der Waals surface area (Å²) in [7, 11) is 0. The summed E-state index contributed by atoms with van der Waals surface area (Å²) in [6, 6.07) is 20.7. The average Bonchev–Trinajstić information content (AvgIpc) is 3.50. The minimum absolute atomic E-state index is 0. The fourth-order valence-corrected chi connectivity index (χ4v) is 6.33. The van der Waals surface area contributed by atoms with E-state index in [1.165, 1.54) is 44.3 Å². The number of aromatic nitrogens is 2. The van der Waals surface area contributed by atoms with E-state index in [1.54, 1.807) is 0 Å². The Morgan fingerprint density at radius 3 is 2.11 bits per heavy atom. The highest BCUT2D eigenvalue weighted by atomic mass is 79.9. The van der Waals surface area contributed by atoms with Gasteiger partial charge in [-0.25, -0.2) is 9.13 Å². The van der Waals surface area contributed by atoms with Gasteiger partial charge >= 0.3 is 0 Å². The molecule has 0 saturated heterocycles. The van der Waals surface area contributed by atoms with Crippen molar-refractivity contribution in [1.29, 1.82) is 0 Å². The summed E-state index contributed by atoms with van der Waals surface area (Å²) < 4.78 is 4.85. The standard InChI is InChI=1S/C31H41N3O.BrH/c1-3-4-5-6-7-14-21-33-22-23-34(25(33)2)29-20-19-28(24-29)31(30(32)35,26-15-10-8-11-16-26)27-17-12-9-13-18-27;/h8-13,15-18,22-23,28-29H,3-7,14,19-21,24H2,1-2H3,(H-,32,35);1H/t28-,29+;/m1./s1. The van der Waals surface area contributed by atoms with Crippen LogP contribution >= 0.6 is 0 Å². The number of benzene rings is 2. The highest BCUT2D eigenvalue weighted by Gasteiger charge is 2.51. The first kappa shape index (κ1) is 28.2. The molecule has 1 aromatic heterocycles. The van der Waals surface area contributed by atoms with Crippen LogP contribution in [-0.4, -0.2) is 10.5 Å². The Morgan fingerprint density at radius 2 is 1.53 bits per heavy atom. The van der Waals surface area contributed by atoms with Crippen LogP contribution in [0.15, 0.2) is 73.1 Å². The maximum absolute atomic E-state index is 13.3. The zero-order valence-electron chi connectivity index (χ0n) is 21.9. The number of carbonyl (C=O) groups is 1. The van der Waals surface area contributed by atoms with Crippen LogP contribution in [0.3, 0.4) is 0 Å². The summed E-state index contributed by atoms with van der Waals surface area (Å²) in [5.41, 5.74) is 7.48. The molecule has 2 N–H and O–H groups in total. The minimum Gasteiger partial charge on any atom is -1.00 e. The number of amides is 1. The number of primary amides is 1. The van der Waals surface area contributed by atoms with E-state index < -0.39 is 5.41 Å². The van der Waals surface area contributed by atoms with E-state index in [9.17, 15) is 4.79 Å². The third kappa shape index (κ3) is 5.77. The number of aryl methyl sites for hydroxylation is 1. The summed E-state index contributed by atoms with van der Waals surface area (Å²) in [5, 5.41) is 0. The van der Waals surface area contributed by atoms with Crippen LogP contribution in [-0.2, 0) is 16.8 Å². The second-order valence-electron chi connectivity index (χ2n) is 10.3. The summed E-state index contributed by atoms with van der Waals surface area (Å²) in [4.78, 5) is 13.3. The number of halogens is 1. The van der Waals surface area contributed by atoms with Crippen molar-refractivity contribution in [1.82, 2.24) is 4.57 Å². The van der Waals surface area contributed by atoms with Crippen LogP contribution in [0.2, 0.25) is 0 Å². The lowest BCUT2D eigenvalue weighted by Gasteiger charge is -2.37. The van der Waals surface area contributed by atoms with Crippen molar-refractivity contribution in [2.75, 3.05) is 0 Å². The summed E-state index contributed by atoms with van der Waals surface area (Å²) >= 11 is 0.